The summed E-state index contributed by atoms with van der Waals surface area (Å²) in [6.07, 6.45) is 2.70. The Hall–Kier alpha value is -1.29. The molecule has 0 aliphatic carbocycles. The first-order chi connectivity index (χ1) is 6.76. The van der Waals surface area contributed by atoms with Gasteiger partial charge in [0.2, 0.25) is 0 Å². The number of nitrogens with one attached hydrogen (secondary N) is 1. The summed E-state index contributed by atoms with van der Waals surface area (Å²) in [5.74, 6) is 0.530. The highest BCUT2D eigenvalue weighted by molar-refractivity contribution is 5.50. The van der Waals surface area contributed by atoms with Crippen molar-refractivity contribution in [1.82, 2.24) is 4.98 Å². The number of nitrogens with two attached hydrogens (primary N) is 1. The first-order valence-corrected chi connectivity index (χ1v) is 4.73. The van der Waals surface area contributed by atoms with Gasteiger partial charge in [0.1, 0.15) is 5.82 Å². The number of ether oxygens (including phenoxy) is 1. The van der Waals surface area contributed by atoms with Crippen LogP contribution in [0.2, 0.25) is 0 Å². The third-order valence-electron chi connectivity index (χ3n) is 2.01. The smallest absolute Gasteiger partial charge is 0.125 e. The maximum atomic E-state index is 5.57. The minimum atomic E-state index is 0.321. The Labute approximate surface area is 84.5 Å². The average molecular weight is 195 g/mol. The monoisotopic (exact) mass is 195 g/mol. The van der Waals surface area contributed by atoms with E-state index < -0.39 is 0 Å². The summed E-state index contributed by atoms with van der Waals surface area (Å²) in [5.41, 5.74) is 6.55. The van der Waals surface area contributed by atoms with Crippen LogP contribution in [-0.2, 0) is 4.74 Å². The van der Waals surface area contributed by atoms with Gasteiger partial charge in [0.05, 0.1) is 6.61 Å². The Morgan fingerprint density at radius 3 is 3.00 bits per heavy atom. The summed E-state index contributed by atoms with van der Waals surface area (Å²) in [7, 11) is 1.70. The number of anilines is 2. The summed E-state index contributed by atoms with van der Waals surface area (Å²) < 4.78 is 5.09. The molecule has 1 aromatic rings. The number of rotatable bonds is 5. The van der Waals surface area contributed by atoms with E-state index in [0.29, 0.717) is 18.5 Å². The summed E-state index contributed by atoms with van der Waals surface area (Å²) >= 11 is 0. The minimum Gasteiger partial charge on any atom is -0.384 e. The summed E-state index contributed by atoms with van der Waals surface area (Å²) in [5, 5.41) is 3.33. The summed E-state index contributed by atoms with van der Waals surface area (Å²) in [6, 6.07) is 4.04. The quantitative estimate of drug-likeness (QED) is 0.747. The molecule has 4 heteroatoms. The van der Waals surface area contributed by atoms with Crippen molar-refractivity contribution in [3.05, 3.63) is 18.3 Å². The van der Waals surface area contributed by atoms with Gasteiger partial charge in [-0.3, -0.25) is 0 Å². The molecule has 1 rings (SSSR count). The number of nitrogens with zero attached hydrogens (tertiary/aromatic N) is 1. The molecule has 14 heavy (non-hydrogen) atoms. The summed E-state index contributed by atoms with van der Waals surface area (Å²) in [6.45, 7) is 2.81. The van der Waals surface area contributed by atoms with Gasteiger partial charge in [-0.15, -0.1) is 0 Å². The van der Waals surface area contributed by atoms with Gasteiger partial charge in [0.15, 0.2) is 0 Å². The van der Waals surface area contributed by atoms with Crippen LogP contribution in [0.4, 0.5) is 11.5 Å². The lowest BCUT2D eigenvalue weighted by molar-refractivity contribution is 0.184. The molecule has 0 aliphatic heterocycles. The SMILES string of the molecule is CCC(COC)Nc1ccnc(N)c1. The predicted molar refractivity (Wildman–Crippen MR) is 58.2 cm³/mol. The largest absolute Gasteiger partial charge is 0.384 e. The van der Waals surface area contributed by atoms with Crippen molar-refractivity contribution in [2.45, 2.75) is 19.4 Å². The van der Waals surface area contributed by atoms with Crippen molar-refractivity contribution in [3.63, 3.8) is 0 Å². The van der Waals surface area contributed by atoms with Gasteiger partial charge < -0.3 is 15.8 Å². The van der Waals surface area contributed by atoms with Crippen LogP contribution in [0.5, 0.6) is 0 Å². The fourth-order valence-electron chi connectivity index (χ4n) is 1.24. The molecule has 0 saturated heterocycles. The van der Waals surface area contributed by atoms with Crippen LogP contribution in [-0.4, -0.2) is 24.7 Å². The predicted octanol–water partition coefficient (Wildman–Crippen LogP) is 1.50. The van der Waals surface area contributed by atoms with Gasteiger partial charge in [-0.2, -0.15) is 0 Å². The van der Waals surface area contributed by atoms with Gasteiger partial charge in [-0.05, 0) is 12.5 Å². The maximum Gasteiger partial charge on any atom is 0.125 e. The van der Waals surface area contributed by atoms with Crippen molar-refractivity contribution in [2.75, 3.05) is 24.8 Å². The molecule has 1 unspecified atom stereocenters. The molecule has 1 heterocycles. The number of hydrogen-bond donors (Lipinski definition) is 2. The highest BCUT2D eigenvalue weighted by Gasteiger charge is 2.04. The molecule has 0 spiro atoms. The van der Waals surface area contributed by atoms with Gasteiger partial charge in [0.25, 0.3) is 0 Å². The maximum absolute atomic E-state index is 5.57. The van der Waals surface area contributed by atoms with Crippen LogP contribution < -0.4 is 11.1 Å². The highest BCUT2D eigenvalue weighted by Crippen LogP contribution is 2.11. The number of hydrogen-bond acceptors (Lipinski definition) is 4. The molecular formula is C10H17N3O. The normalized spacial score (nSPS) is 12.4. The molecule has 0 bridgehead atoms. The fraction of sp³-hybridized carbons (Fsp3) is 0.500. The molecule has 0 aliphatic rings. The number of methoxy groups -OCH3 is 1. The van der Waals surface area contributed by atoms with E-state index in [4.69, 9.17) is 10.5 Å². The number of pyridine rings is 1. The van der Waals surface area contributed by atoms with Gasteiger partial charge in [0, 0.05) is 31.1 Å². The van der Waals surface area contributed by atoms with Gasteiger partial charge in [-0.25, -0.2) is 4.98 Å². The molecule has 0 fully saturated rings. The lowest BCUT2D eigenvalue weighted by atomic mass is 10.2. The molecule has 4 nitrogen and oxygen atoms in total. The zero-order valence-electron chi connectivity index (χ0n) is 8.66. The summed E-state index contributed by atoms with van der Waals surface area (Å²) in [4.78, 5) is 3.93. The Kier molecular flexibility index (Phi) is 4.19. The van der Waals surface area contributed by atoms with E-state index in [2.05, 4.69) is 17.2 Å². The van der Waals surface area contributed by atoms with Crippen LogP contribution in [0.15, 0.2) is 18.3 Å². The molecular weight excluding hydrogens is 178 g/mol. The van der Waals surface area contributed by atoms with Crippen molar-refractivity contribution in [3.8, 4) is 0 Å². The van der Waals surface area contributed by atoms with Crippen molar-refractivity contribution in [1.29, 1.82) is 0 Å². The lowest BCUT2D eigenvalue weighted by Gasteiger charge is -2.17. The number of nitrogen functional groups attached to an aromatic ring is 1. The molecule has 0 saturated carbocycles. The van der Waals surface area contributed by atoms with Crippen LogP contribution >= 0.6 is 0 Å². The van der Waals surface area contributed by atoms with E-state index in [9.17, 15) is 0 Å². The number of aromatic nitrogens is 1. The van der Waals surface area contributed by atoms with E-state index in [0.717, 1.165) is 12.1 Å². The van der Waals surface area contributed by atoms with E-state index >= 15 is 0 Å². The van der Waals surface area contributed by atoms with Crippen LogP contribution in [0, 0.1) is 0 Å². The highest BCUT2D eigenvalue weighted by atomic mass is 16.5. The lowest BCUT2D eigenvalue weighted by Crippen LogP contribution is -2.23. The molecule has 1 atom stereocenters. The second-order valence-electron chi connectivity index (χ2n) is 3.17. The minimum absolute atomic E-state index is 0.321. The van der Waals surface area contributed by atoms with Crippen LogP contribution in [0.3, 0.4) is 0 Å². The average Bonchev–Trinajstić information content (AvgIpc) is 2.17. The zero-order valence-corrected chi connectivity index (χ0v) is 8.66. The van der Waals surface area contributed by atoms with Crippen molar-refractivity contribution in [2.24, 2.45) is 0 Å². The molecule has 0 aromatic carbocycles. The van der Waals surface area contributed by atoms with E-state index in [1.165, 1.54) is 0 Å². The molecule has 1 aromatic heterocycles. The second-order valence-corrected chi connectivity index (χ2v) is 3.17. The third-order valence-corrected chi connectivity index (χ3v) is 2.01. The topological polar surface area (TPSA) is 60.2 Å². The van der Waals surface area contributed by atoms with Crippen LogP contribution in [0.25, 0.3) is 0 Å². The Balaban J connectivity index is 2.57. The van der Waals surface area contributed by atoms with Crippen molar-refractivity contribution < 1.29 is 4.74 Å². The second kappa shape index (κ2) is 5.44. The Bertz CT molecular complexity index is 278. The van der Waals surface area contributed by atoms with Crippen molar-refractivity contribution >= 4 is 11.5 Å². The molecule has 78 valence electrons. The fourth-order valence-corrected chi connectivity index (χ4v) is 1.24. The molecule has 0 amide bonds. The first kappa shape index (κ1) is 10.8. The van der Waals surface area contributed by atoms with E-state index in [-0.39, 0.29) is 0 Å². The Morgan fingerprint density at radius 1 is 1.64 bits per heavy atom. The van der Waals surface area contributed by atoms with E-state index in [1.54, 1.807) is 13.3 Å². The van der Waals surface area contributed by atoms with Crippen LogP contribution in [0.1, 0.15) is 13.3 Å². The first-order valence-electron chi connectivity index (χ1n) is 4.73. The molecule has 3 N–H and O–H groups in total. The third kappa shape index (κ3) is 3.22. The standard InChI is InChI=1S/C10H17N3O/c1-3-8(7-14-2)13-9-4-5-12-10(11)6-9/h4-6,8H,3,7H2,1-2H3,(H3,11,12,13). The van der Waals surface area contributed by atoms with Gasteiger partial charge >= 0.3 is 0 Å². The van der Waals surface area contributed by atoms with Gasteiger partial charge in [-0.1, -0.05) is 6.92 Å². The van der Waals surface area contributed by atoms with E-state index in [1.807, 2.05) is 12.1 Å². The molecule has 0 radical (unpaired) electrons. The Morgan fingerprint density at radius 2 is 2.43 bits per heavy atom. The zero-order chi connectivity index (χ0) is 10.4.